The van der Waals surface area contributed by atoms with E-state index in [4.69, 9.17) is 34.4 Å². The van der Waals surface area contributed by atoms with E-state index in [1.54, 1.807) is 44.3 Å². The van der Waals surface area contributed by atoms with Gasteiger partial charge in [0.15, 0.2) is 11.9 Å². The Morgan fingerprint density at radius 2 is 1.01 bits per heavy atom. The van der Waals surface area contributed by atoms with E-state index in [1.165, 1.54) is 13.8 Å². The molecule has 0 aliphatic heterocycles. The van der Waals surface area contributed by atoms with Crippen LogP contribution in [0.5, 0.6) is 0 Å². The number of fused-ring (bicyclic) bond motifs is 1. The molecule has 0 saturated heterocycles. The Balaban J connectivity index is 2.53. The minimum absolute atomic E-state index is 0.0346. The predicted molar refractivity (Wildman–Crippen MR) is 318 cm³/mol. The zero-order valence-electron chi connectivity index (χ0n) is 49.8. The molecule has 0 saturated carbocycles. The quantitative estimate of drug-likeness (QED) is 0.0167. The molecule has 0 aliphatic rings. The van der Waals surface area contributed by atoms with Gasteiger partial charge in [-0.1, -0.05) is 45.9 Å². The lowest BCUT2D eigenvalue weighted by molar-refractivity contribution is -0.144. The Bertz CT molecular complexity index is 2860. The molecule has 2 aromatic rings. The number of benzene rings is 1. The maximum Gasteiger partial charge on any atom is 0.328 e. The summed E-state index contributed by atoms with van der Waals surface area (Å²) < 4.78 is 0. The average Bonchev–Trinajstić information content (AvgIpc) is 2.37. The fourth-order valence-electron chi connectivity index (χ4n) is 8.50. The largest absolute Gasteiger partial charge is 0.481 e. The van der Waals surface area contributed by atoms with E-state index in [1.807, 2.05) is 5.32 Å². The molecule has 1 aromatic carbocycles. The molecule has 0 aliphatic carbocycles. The number of carboxylic acid groups (broad SMARTS) is 2. The molecule has 0 spiro atoms. The van der Waals surface area contributed by atoms with Crippen molar-refractivity contribution in [1.82, 2.24) is 58.2 Å². The fourth-order valence-corrected chi connectivity index (χ4v) is 8.50. The third-order valence-corrected chi connectivity index (χ3v) is 13.1. The van der Waals surface area contributed by atoms with Crippen LogP contribution in [0.3, 0.4) is 0 Å². The number of amides is 11. The Morgan fingerprint density at radius 3 is 1.51 bits per heavy atom. The number of aromatic amines is 1. The van der Waals surface area contributed by atoms with Gasteiger partial charge in [-0.05, 0) is 62.0 Å². The summed E-state index contributed by atoms with van der Waals surface area (Å²) in [6.07, 6.45) is -1.19. The van der Waals surface area contributed by atoms with Crippen molar-refractivity contribution < 1.29 is 82.8 Å². The number of nitrogens with two attached hydrogens (primary N) is 6. The van der Waals surface area contributed by atoms with Crippen LogP contribution in [0.1, 0.15) is 84.6 Å². The summed E-state index contributed by atoms with van der Waals surface area (Å²) in [4.78, 5) is 183. The summed E-state index contributed by atoms with van der Waals surface area (Å²) in [6, 6.07) is -7.50. The first-order chi connectivity index (χ1) is 41.9. The third-order valence-electron chi connectivity index (χ3n) is 13.1. The third kappa shape index (κ3) is 27.7. The summed E-state index contributed by atoms with van der Waals surface area (Å²) in [5.74, 6) is -15.7. The maximum absolute atomic E-state index is 14.7. The zero-order chi connectivity index (χ0) is 67.1. The molecule has 27 N–H and O–H groups in total. The summed E-state index contributed by atoms with van der Waals surface area (Å²) in [6.45, 7) is 3.04. The second-order valence-corrected chi connectivity index (χ2v) is 21.2. The number of hydrogen-bond acceptors (Lipinski definition) is 18. The van der Waals surface area contributed by atoms with E-state index in [2.05, 4.69) is 62.8 Å². The number of carboxylic acids is 2. The van der Waals surface area contributed by atoms with E-state index >= 15 is 0 Å². The van der Waals surface area contributed by atoms with Gasteiger partial charge in [0.05, 0.1) is 32.7 Å². The molecule has 1 aromatic heterocycles. The van der Waals surface area contributed by atoms with Gasteiger partial charge in [-0.25, -0.2) is 4.79 Å². The smallest absolute Gasteiger partial charge is 0.328 e. The Morgan fingerprint density at radius 1 is 0.539 bits per heavy atom. The number of primary amides is 1. The minimum atomic E-state index is -1.85. The number of aliphatic hydroxyl groups excluding tert-OH is 2. The number of guanidine groups is 2. The molecular weight excluding hydrogens is 1170 g/mol. The molecule has 0 bridgehead atoms. The maximum atomic E-state index is 14.7. The zero-order valence-corrected chi connectivity index (χ0v) is 49.8. The van der Waals surface area contributed by atoms with Crippen LogP contribution in [0.2, 0.25) is 0 Å². The van der Waals surface area contributed by atoms with E-state index in [0.717, 1.165) is 0 Å². The molecule has 9 atom stereocenters. The van der Waals surface area contributed by atoms with E-state index in [9.17, 15) is 82.8 Å². The number of aliphatic imine (C=N–C) groups is 2. The highest BCUT2D eigenvalue weighted by Crippen LogP contribution is 2.20. The van der Waals surface area contributed by atoms with Crippen molar-refractivity contribution in [2.24, 2.45) is 56.2 Å². The number of nitrogens with one attached hydrogen (secondary N) is 11. The number of H-pyrrole nitrogens is 1. The summed E-state index contributed by atoms with van der Waals surface area (Å²) in [5.41, 5.74) is 33.9. The number of aliphatic carboxylic acids is 2. The lowest BCUT2D eigenvalue weighted by Gasteiger charge is -2.28. The minimum Gasteiger partial charge on any atom is -0.481 e. The van der Waals surface area contributed by atoms with E-state index in [0.29, 0.717) is 16.5 Å². The van der Waals surface area contributed by atoms with Crippen molar-refractivity contribution in [3.63, 3.8) is 0 Å². The predicted octanol–water partition coefficient (Wildman–Crippen LogP) is -8.23. The molecule has 89 heavy (non-hydrogen) atoms. The number of aromatic nitrogens is 1. The first-order valence-corrected chi connectivity index (χ1v) is 28.2. The Labute approximate surface area is 510 Å². The van der Waals surface area contributed by atoms with Gasteiger partial charge in [-0.3, -0.25) is 67.5 Å². The van der Waals surface area contributed by atoms with Crippen molar-refractivity contribution in [2.75, 3.05) is 39.4 Å². The Kier molecular flexibility index (Phi) is 32.6. The molecule has 36 heteroatoms. The van der Waals surface area contributed by atoms with Gasteiger partial charge >= 0.3 is 11.9 Å². The van der Waals surface area contributed by atoms with E-state index < -0.39 is 183 Å². The summed E-state index contributed by atoms with van der Waals surface area (Å²) in [5, 5.41) is 62.2. The number of nitrogens with zero attached hydrogens (tertiary/aromatic N) is 2. The number of hydrogen-bond donors (Lipinski definition) is 21. The monoisotopic (exact) mass is 1260 g/mol. The van der Waals surface area contributed by atoms with Gasteiger partial charge in [0.1, 0.15) is 54.4 Å². The second-order valence-electron chi connectivity index (χ2n) is 21.2. The van der Waals surface area contributed by atoms with Crippen LogP contribution in [-0.4, -0.2) is 208 Å². The average molecular weight is 1260 g/mol. The highest BCUT2D eigenvalue weighted by Gasteiger charge is 2.36. The van der Waals surface area contributed by atoms with Crippen LogP contribution in [0.25, 0.3) is 10.9 Å². The summed E-state index contributed by atoms with van der Waals surface area (Å²) >= 11 is 0. The highest BCUT2D eigenvalue weighted by atomic mass is 16.4. The molecule has 0 fully saturated rings. The second kappa shape index (κ2) is 38.4. The van der Waals surface area contributed by atoms with Crippen molar-refractivity contribution in [1.29, 1.82) is 0 Å². The molecular formula is C53H85N19O17. The molecule has 36 nitrogen and oxygen atoms in total. The molecule has 11 amide bonds. The van der Waals surface area contributed by atoms with Crippen LogP contribution < -0.4 is 87.6 Å². The lowest BCUT2D eigenvalue weighted by Crippen LogP contribution is -2.61. The van der Waals surface area contributed by atoms with Gasteiger partial charge in [-0.2, -0.15) is 0 Å². The molecule has 1 heterocycles. The van der Waals surface area contributed by atoms with Crippen molar-refractivity contribution in [2.45, 2.75) is 140 Å². The van der Waals surface area contributed by atoms with E-state index in [-0.39, 0.29) is 69.5 Å². The van der Waals surface area contributed by atoms with Crippen LogP contribution in [0, 0.1) is 11.8 Å². The lowest BCUT2D eigenvalue weighted by atomic mass is 10.0. The van der Waals surface area contributed by atoms with Gasteiger partial charge < -0.3 is 113 Å². The fraction of sp³-hybridized carbons (Fsp3) is 0.566. The van der Waals surface area contributed by atoms with Crippen molar-refractivity contribution >= 4 is 99.7 Å². The van der Waals surface area contributed by atoms with Crippen LogP contribution in [0.15, 0.2) is 40.4 Å². The van der Waals surface area contributed by atoms with Crippen LogP contribution in [-0.2, 0) is 68.7 Å². The van der Waals surface area contributed by atoms with Gasteiger partial charge in [0.25, 0.3) is 0 Å². The van der Waals surface area contributed by atoms with Crippen molar-refractivity contribution in [3.8, 4) is 0 Å². The first-order valence-electron chi connectivity index (χ1n) is 28.2. The van der Waals surface area contributed by atoms with Gasteiger partial charge in [0, 0.05) is 43.0 Å². The number of carbonyl (C=O) groups is 13. The normalized spacial score (nSPS) is 14.0. The summed E-state index contributed by atoms with van der Waals surface area (Å²) in [7, 11) is 0. The van der Waals surface area contributed by atoms with Gasteiger partial charge in [-0.15, -0.1) is 0 Å². The molecule has 0 radical (unpaired) electrons. The number of para-hydroxylation sites is 1. The molecule has 494 valence electrons. The molecule has 0 unspecified atom stereocenters. The van der Waals surface area contributed by atoms with Gasteiger partial charge in [0.2, 0.25) is 65.0 Å². The van der Waals surface area contributed by atoms with Crippen LogP contribution >= 0.6 is 0 Å². The number of carbonyl (C=O) groups excluding carboxylic acids is 11. The topological polar surface area (TPSA) is 620 Å². The van der Waals surface area contributed by atoms with Crippen molar-refractivity contribution in [3.05, 3.63) is 36.0 Å². The van der Waals surface area contributed by atoms with Crippen LogP contribution in [0.4, 0.5) is 0 Å². The first kappa shape index (κ1) is 75.4. The number of rotatable bonds is 41. The standard InChI is InChI=1S/C53H85N19O17/c1-25(2)17-33(43(80)63-22-40(77)72-42(26(3)4)50(87)67-32(13-14-41(78)79)46(83)71-37(24-74)51(88)89)68-44(81)30(11-7-15-60-52(56)57)65-47(84)34(18-27-21-62-29-10-6-5-9-28(27)29)69-48(85)35(19-38(55)75)70-45(82)31(12-8-16-61-53(58)59)66-49(86)36(23-73)64-39(76)20-54/h5-6,9-10,21,25-26,30-37,42,62,73-74H,7-8,11-20,22-24,54H2,1-4H3,(H2,55,75)(H,63,80)(H,64,76)(H,65,84)(H,66,86)(H,67,87)(H,68,81)(H,69,85)(H,70,82)(H,71,83)(H,72,77)(H,78,79)(H,88,89)(H4,56,57,60)(H4,58,59,61)/t30-,31-,32-,33-,34-,35-,36-,37-,42-/m0/s1. The Hall–Kier alpha value is -9.71. The SMILES string of the molecule is CC(C)C[C@H](NC(=O)[C@H](CCCN=C(N)N)NC(=O)[C@H](Cc1c[nH]c2ccccc12)NC(=O)[C@H](CC(N)=O)NC(=O)[C@H](CCCN=C(N)N)NC(=O)[C@H](CO)NC(=O)CN)C(=O)NCC(=O)N[C@H](C(=O)N[C@@H](CCC(=O)O)C(=O)N[C@@H](CO)C(=O)O)C(C)C. The highest BCUT2D eigenvalue weighted by molar-refractivity contribution is 6.00. The number of aliphatic hydroxyl groups is 2. The molecule has 2 rings (SSSR count).